The van der Waals surface area contributed by atoms with Crippen LogP contribution in [0.1, 0.15) is 62.5 Å². The molecular weight excluding hydrogens is 667 g/mol. The van der Waals surface area contributed by atoms with Crippen molar-refractivity contribution in [3.8, 4) is 11.5 Å². The van der Waals surface area contributed by atoms with E-state index in [1.165, 1.54) is 27.9 Å². The largest absolute Gasteiger partial charge is 0.496 e. The Morgan fingerprint density at radius 3 is 2.14 bits per heavy atom. The summed E-state index contributed by atoms with van der Waals surface area (Å²) in [7, 11) is 3.31. The lowest BCUT2D eigenvalue weighted by Gasteiger charge is -2.07. The predicted octanol–water partition coefficient (Wildman–Crippen LogP) is 6.87. The maximum absolute atomic E-state index is 11.4. The Bertz CT molecular complexity index is 1500. The zero-order chi connectivity index (χ0) is 30.6. The number of aromatic nitrogens is 2. The van der Waals surface area contributed by atoms with Gasteiger partial charge in [-0.25, -0.2) is 0 Å². The molecular formula is C32H42ClIN4O4. The average Bonchev–Trinajstić information content (AvgIpc) is 3.51. The first-order valence-electron chi connectivity index (χ1n) is 14.5. The van der Waals surface area contributed by atoms with Crippen molar-refractivity contribution in [2.75, 3.05) is 27.3 Å². The van der Waals surface area contributed by atoms with Gasteiger partial charge in [0.15, 0.2) is 0 Å². The van der Waals surface area contributed by atoms with Gasteiger partial charge in [0.1, 0.15) is 11.5 Å². The standard InChI is InChI=1S/C16H21ClN2O2.C16H21IN2O2/c1-3-4-5-14-11(6-7-18-10-20)12-8-16(21-2)13(17)9-15(12)19-14;1-4-13-10(6-7-18-16(20)5-2)11-8-15(21-3)12(17)9-14(11)19-13/h8-10,19H,3-7H2,1-2H3,(H,18,20);8-9,19H,4-7H2,1-3H3,(H,18,20). The highest BCUT2D eigenvalue weighted by Crippen LogP contribution is 2.34. The molecule has 2 aromatic heterocycles. The first-order valence-corrected chi connectivity index (χ1v) is 15.9. The number of hydrogen-bond donors (Lipinski definition) is 4. The average molecular weight is 709 g/mol. The molecule has 0 fully saturated rings. The molecule has 0 aliphatic rings. The maximum atomic E-state index is 11.4. The topological polar surface area (TPSA) is 108 Å². The number of benzene rings is 2. The van der Waals surface area contributed by atoms with Crippen molar-refractivity contribution in [2.24, 2.45) is 0 Å². The number of unbranched alkanes of at least 4 members (excludes halogenated alkanes) is 1. The van der Waals surface area contributed by atoms with Gasteiger partial charge < -0.3 is 30.1 Å². The summed E-state index contributed by atoms with van der Waals surface area (Å²) in [6.45, 7) is 7.48. The first-order chi connectivity index (χ1) is 20.3. The Kier molecular flexibility index (Phi) is 13.3. The van der Waals surface area contributed by atoms with Gasteiger partial charge in [0, 0.05) is 52.7 Å². The summed E-state index contributed by atoms with van der Waals surface area (Å²) in [5.74, 6) is 1.67. The van der Waals surface area contributed by atoms with E-state index in [1.54, 1.807) is 14.2 Å². The number of ether oxygens (including phenoxy) is 2. The summed E-state index contributed by atoms with van der Waals surface area (Å²) in [5, 5.41) is 8.58. The molecule has 4 aromatic rings. The minimum Gasteiger partial charge on any atom is -0.496 e. The van der Waals surface area contributed by atoms with Crippen molar-refractivity contribution >= 4 is 68.3 Å². The second kappa shape index (κ2) is 16.6. The van der Waals surface area contributed by atoms with Crippen LogP contribution in [0.5, 0.6) is 11.5 Å². The zero-order valence-corrected chi connectivity index (χ0v) is 28.1. The molecule has 0 unspecified atom stereocenters. The third-order valence-electron chi connectivity index (χ3n) is 7.29. The summed E-state index contributed by atoms with van der Waals surface area (Å²) >= 11 is 8.47. The van der Waals surface area contributed by atoms with E-state index in [4.69, 9.17) is 21.1 Å². The molecule has 8 nitrogen and oxygen atoms in total. The van der Waals surface area contributed by atoms with E-state index < -0.39 is 0 Å². The van der Waals surface area contributed by atoms with E-state index in [1.807, 2.05) is 19.1 Å². The van der Waals surface area contributed by atoms with Crippen molar-refractivity contribution in [2.45, 2.75) is 65.7 Å². The number of fused-ring (bicyclic) bond motifs is 2. The predicted molar refractivity (Wildman–Crippen MR) is 180 cm³/mol. The molecule has 0 aliphatic carbocycles. The van der Waals surface area contributed by atoms with E-state index >= 15 is 0 Å². The lowest BCUT2D eigenvalue weighted by Crippen LogP contribution is -2.24. The van der Waals surface area contributed by atoms with Crippen molar-refractivity contribution in [3.63, 3.8) is 0 Å². The molecule has 0 spiro atoms. The lowest BCUT2D eigenvalue weighted by molar-refractivity contribution is -0.120. The fraction of sp³-hybridized carbons (Fsp3) is 0.438. The molecule has 0 radical (unpaired) electrons. The zero-order valence-electron chi connectivity index (χ0n) is 25.1. The quantitative estimate of drug-likeness (QED) is 0.0652. The molecule has 2 aromatic carbocycles. The van der Waals surface area contributed by atoms with E-state index in [9.17, 15) is 9.59 Å². The third-order valence-corrected chi connectivity index (χ3v) is 8.43. The fourth-order valence-electron chi connectivity index (χ4n) is 5.07. The van der Waals surface area contributed by atoms with Gasteiger partial charge in [0.05, 0.1) is 22.8 Å². The second-order valence-electron chi connectivity index (χ2n) is 9.96. The summed E-state index contributed by atoms with van der Waals surface area (Å²) in [5.41, 5.74) is 7.13. The van der Waals surface area contributed by atoms with Gasteiger partial charge in [-0.3, -0.25) is 9.59 Å². The number of aromatic amines is 2. The van der Waals surface area contributed by atoms with Gasteiger partial charge in [-0.1, -0.05) is 38.8 Å². The van der Waals surface area contributed by atoms with Crippen LogP contribution in [-0.2, 0) is 35.3 Å². The fourth-order valence-corrected chi connectivity index (χ4v) is 6.00. The van der Waals surface area contributed by atoms with Crippen LogP contribution >= 0.6 is 34.2 Å². The molecule has 0 bridgehead atoms. The number of methoxy groups -OCH3 is 2. The Morgan fingerprint density at radius 2 is 1.52 bits per heavy atom. The molecule has 0 aliphatic heterocycles. The smallest absolute Gasteiger partial charge is 0.219 e. The molecule has 2 heterocycles. The van der Waals surface area contributed by atoms with Gasteiger partial charge in [-0.2, -0.15) is 0 Å². The molecule has 42 heavy (non-hydrogen) atoms. The number of H-pyrrole nitrogens is 2. The first kappa shape index (κ1) is 33.6. The van der Waals surface area contributed by atoms with Gasteiger partial charge in [0.2, 0.25) is 12.3 Å². The van der Waals surface area contributed by atoms with E-state index in [-0.39, 0.29) is 5.91 Å². The lowest BCUT2D eigenvalue weighted by atomic mass is 10.0. The summed E-state index contributed by atoms with van der Waals surface area (Å²) in [6.07, 6.45) is 7.11. The Hall–Kier alpha value is -2.92. The number of aryl methyl sites for hydroxylation is 2. The van der Waals surface area contributed by atoms with Crippen LogP contribution in [0.3, 0.4) is 0 Å². The highest BCUT2D eigenvalue weighted by molar-refractivity contribution is 14.1. The van der Waals surface area contributed by atoms with Crippen LogP contribution < -0.4 is 20.1 Å². The summed E-state index contributed by atoms with van der Waals surface area (Å²) < 4.78 is 11.8. The maximum Gasteiger partial charge on any atom is 0.219 e. The highest BCUT2D eigenvalue weighted by atomic mass is 127. The number of nitrogens with one attached hydrogen (secondary N) is 4. The molecule has 0 saturated carbocycles. The van der Waals surface area contributed by atoms with Crippen molar-refractivity contribution in [1.82, 2.24) is 20.6 Å². The molecule has 4 N–H and O–H groups in total. The molecule has 2 amide bonds. The Labute approximate surface area is 266 Å². The van der Waals surface area contributed by atoms with E-state index in [0.29, 0.717) is 30.3 Å². The number of hydrogen-bond acceptors (Lipinski definition) is 4. The van der Waals surface area contributed by atoms with Crippen molar-refractivity contribution < 1.29 is 19.1 Å². The van der Waals surface area contributed by atoms with Crippen LogP contribution in [0.15, 0.2) is 24.3 Å². The number of halogens is 2. The molecule has 4 rings (SSSR count). The van der Waals surface area contributed by atoms with Crippen LogP contribution in [0.2, 0.25) is 5.02 Å². The van der Waals surface area contributed by atoms with Crippen LogP contribution in [0.25, 0.3) is 21.8 Å². The Morgan fingerprint density at radius 1 is 0.905 bits per heavy atom. The third kappa shape index (κ3) is 8.34. The number of amides is 2. The van der Waals surface area contributed by atoms with E-state index in [0.717, 1.165) is 70.7 Å². The number of carbonyl (C=O) groups is 2. The van der Waals surface area contributed by atoms with Gasteiger partial charge in [0.25, 0.3) is 0 Å². The van der Waals surface area contributed by atoms with Crippen molar-refractivity contribution in [3.05, 3.63) is 55.4 Å². The molecule has 0 saturated heterocycles. The minimum absolute atomic E-state index is 0.0972. The SMILES string of the molecule is CCC(=O)NCCc1c(CC)[nH]c2cc(I)c(OC)cc12.CCCCc1[nH]c2cc(Cl)c(OC)cc2c1CCNC=O. The van der Waals surface area contributed by atoms with Crippen molar-refractivity contribution in [1.29, 1.82) is 0 Å². The van der Waals surface area contributed by atoms with Crippen LogP contribution in [0, 0.1) is 3.57 Å². The van der Waals surface area contributed by atoms with Crippen LogP contribution in [-0.4, -0.2) is 49.6 Å². The number of rotatable bonds is 14. The van der Waals surface area contributed by atoms with Gasteiger partial charge in [-0.15, -0.1) is 0 Å². The normalized spacial score (nSPS) is 10.8. The second-order valence-corrected chi connectivity index (χ2v) is 11.5. The van der Waals surface area contributed by atoms with Crippen LogP contribution in [0.4, 0.5) is 0 Å². The minimum atomic E-state index is 0.0972. The molecule has 0 atom stereocenters. The van der Waals surface area contributed by atoms with Gasteiger partial charge >= 0.3 is 0 Å². The van der Waals surface area contributed by atoms with Gasteiger partial charge in [-0.05, 0) is 90.1 Å². The monoisotopic (exact) mass is 708 g/mol. The summed E-state index contributed by atoms with van der Waals surface area (Å²) in [6, 6.07) is 8.08. The Balaban J connectivity index is 0.000000230. The molecule has 228 valence electrons. The van der Waals surface area contributed by atoms with E-state index in [2.05, 4.69) is 69.2 Å². The summed E-state index contributed by atoms with van der Waals surface area (Å²) in [4.78, 5) is 28.8. The highest BCUT2D eigenvalue weighted by Gasteiger charge is 2.15. The molecule has 10 heteroatoms. The number of carbonyl (C=O) groups excluding carboxylic acids is 2.